The Morgan fingerprint density at radius 2 is 2.26 bits per heavy atom. The molecule has 1 aliphatic rings. The number of hydrogen-bond donors (Lipinski definition) is 2. The molecular formula is C14H21N3O2. The smallest absolute Gasteiger partial charge is 0.253 e. The largest absolute Gasteiger partial charge is 0.399 e. The lowest BCUT2D eigenvalue weighted by Gasteiger charge is -2.30. The summed E-state index contributed by atoms with van der Waals surface area (Å²) in [6, 6.07) is 5.62. The number of nitrogens with one attached hydrogen (secondary N) is 1. The number of rotatable bonds is 3. The van der Waals surface area contributed by atoms with Crippen LogP contribution in [0.3, 0.4) is 0 Å². The first kappa shape index (κ1) is 13.7. The van der Waals surface area contributed by atoms with Gasteiger partial charge in [-0.2, -0.15) is 0 Å². The number of carbonyl (C=O) groups excluding carboxylic acids is 1. The van der Waals surface area contributed by atoms with Crippen molar-refractivity contribution in [2.75, 3.05) is 31.3 Å². The second kappa shape index (κ2) is 5.48. The number of ether oxygens (including phenoxy) is 1. The van der Waals surface area contributed by atoms with Crippen LogP contribution in [0.2, 0.25) is 0 Å². The summed E-state index contributed by atoms with van der Waals surface area (Å²) in [6.07, 6.45) is 1.11. The van der Waals surface area contributed by atoms with Crippen LogP contribution in [0.1, 0.15) is 23.7 Å². The summed E-state index contributed by atoms with van der Waals surface area (Å²) in [6.45, 7) is 2.81. The van der Waals surface area contributed by atoms with Crippen LogP contribution >= 0.6 is 0 Å². The third-order valence-corrected chi connectivity index (χ3v) is 3.71. The number of carbonyl (C=O) groups is 1. The van der Waals surface area contributed by atoms with Gasteiger partial charge in [-0.05, 0) is 31.5 Å². The molecule has 1 fully saturated rings. The van der Waals surface area contributed by atoms with Gasteiger partial charge in [-0.1, -0.05) is 0 Å². The minimum absolute atomic E-state index is 0.103. The van der Waals surface area contributed by atoms with Crippen molar-refractivity contribution in [1.29, 1.82) is 0 Å². The SMILES string of the molecule is CNC(=O)c1ccc(N)cc1N(C)C1CCOC1C. The van der Waals surface area contributed by atoms with Gasteiger partial charge in [-0.3, -0.25) is 4.79 Å². The van der Waals surface area contributed by atoms with Crippen LogP contribution in [0.4, 0.5) is 11.4 Å². The zero-order valence-corrected chi connectivity index (χ0v) is 11.6. The van der Waals surface area contributed by atoms with E-state index in [1.165, 1.54) is 0 Å². The van der Waals surface area contributed by atoms with Crippen LogP contribution in [0.25, 0.3) is 0 Å². The lowest BCUT2D eigenvalue weighted by Crippen LogP contribution is -2.38. The summed E-state index contributed by atoms with van der Waals surface area (Å²) < 4.78 is 5.59. The van der Waals surface area contributed by atoms with Crippen LogP contribution in [0, 0.1) is 0 Å². The number of benzene rings is 1. The molecule has 2 unspecified atom stereocenters. The van der Waals surface area contributed by atoms with E-state index in [1.807, 2.05) is 13.1 Å². The topological polar surface area (TPSA) is 67.6 Å². The zero-order valence-electron chi connectivity index (χ0n) is 11.6. The van der Waals surface area contributed by atoms with E-state index < -0.39 is 0 Å². The summed E-state index contributed by atoms with van der Waals surface area (Å²) in [5, 5.41) is 2.66. The van der Waals surface area contributed by atoms with Crippen LogP contribution in [0.15, 0.2) is 18.2 Å². The Bertz CT molecular complexity index is 476. The molecule has 0 radical (unpaired) electrons. The van der Waals surface area contributed by atoms with E-state index in [9.17, 15) is 4.79 Å². The molecule has 5 nitrogen and oxygen atoms in total. The minimum atomic E-state index is -0.103. The van der Waals surface area contributed by atoms with E-state index in [4.69, 9.17) is 10.5 Å². The average Bonchev–Trinajstić information content (AvgIpc) is 2.83. The maximum absolute atomic E-state index is 11.9. The van der Waals surface area contributed by atoms with Gasteiger partial charge in [0.15, 0.2) is 0 Å². The molecular weight excluding hydrogens is 242 g/mol. The van der Waals surface area contributed by atoms with E-state index in [0.29, 0.717) is 11.3 Å². The highest BCUT2D eigenvalue weighted by Gasteiger charge is 2.29. The molecule has 5 heteroatoms. The molecule has 1 amide bonds. The van der Waals surface area contributed by atoms with Crippen LogP contribution in [-0.2, 0) is 4.74 Å². The molecule has 2 atom stereocenters. The standard InChI is InChI=1S/C14H21N3O2/c1-9-12(6-7-19-9)17(3)13-8-10(15)4-5-11(13)14(18)16-2/h4-5,8-9,12H,6-7,15H2,1-3H3,(H,16,18). The third-order valence-electron chi connectivity index (χ3n) is 3.71. The minimum Gasteiger partial charge on any atom is -0.399 e. The van der Waals surface area contributed by atoms with E-state index in [1.54, 1.807) is 19.2 Å². The van der Waals surface area contributed by atoms with Gasteiger partial charge in [0.25, 0.3) is 5.91 Å². The van der Waals surface area contributed by atoms with Gasteiger partial charge < -0.3 is 20.7 Å². The first-order valence-electron chi connectivity index (χ1n) is 6.50. The molecule has 1 aliphatic heterocycles. The molecule has 2 rings (SSSR count). The number of anilines is 2. The summed E-state index contributed by atoms with van der Waals surface area (Å²) in [7, 11) is 3.61. The molecule has 0 spiro atoms. The maximum Gasteiger partial charge on any atom is 0.253 e. The number of hydrogen-bond acceptors (Lipinski definition) is 4. The monoisotopic (exact) mass is 263 g/mol. The van der Waals surface area contributed by atoms with Gasteiger partial charge in [-0.15, -0.1) is 0 Å². The maximum atomic E-state index is 11.9. The van der Waals surface area contributed by atoms with E-state index in [0.717, 1.165) is 18.7 Å². The number of likely N-dealkylation sites (N-methyl/N-ethyl adjacent to an activating group) is 1. The van der Waals surface area contributed by atoms with E-state index in [2.05, 4.69) is 17.1 Å². The first-order valence-corrected chi connectivity index (χ1v) is 6.50. The summed E-state index contributed by atoms with van der Waals surface area (Å²) in [5.74, 6) is -0.103. The second-order valence-electron chi connectivity index (χ2n) is 4.90. The Labute approximate surface area is 113 Å². The van der Waals surface area contributed by atoms with Gasteiger partial charge in [0.1, 0.15) is 0 Å². The lowest BCUT2D eigenvalue weighted by molar-refractivity contribution is 0.0962. The summed E-state index contributed by atoms with van der Waals surface area (Å²) >= 11 is 0. The van der Waals surface area contributed by atoms with E-state index >= 15 is 0 Å². The summed E-state index contributed by atoms with van der Waals surface area (Å²) in [5.41, 5.74) is 7.99. The molecule has 0 aliphatic carbocycles. The summed E-state index contributed by atoms with van der Waals surface area (Å²) in [4.78, 5) is 14.0. The van der Waals surface area contributed by atoms with Gasteiger partial charge in [0.2, 0.25) is 0 Å². The molecule has 0 bridgehead atoms. The molecule has 0 saturated carbocycles. The van der Waals surface area contributed by atoms with Gasteiger partial charge in [0.05, 0.1) is 23.4 Å². The number of nitrogens with zero attached hydrogens (tertiary/aromatic N) is 1. The van der Waals surface area contributed by atoms with Crippen molar-refractivity contribution in [3.63, 3.8) is 0 Å². The molecule has 19 heavy (non-hydrogen) atoms. The molecule has 104 valence electrons. The van der Waals surface area contributed by atoms with Crippen molar-refractivity contribution in [3.05, 3.63) is 23.8 Å². The van der Waals surface area contributed by atoms with Gasteiger partial charge >= 0.3 is 0 Å². The highest BCUT2D eigenvalue weighted by Crippen LogP contribution is 2.29. The van der Waals surface area contributed by atoms with Crippen molar-refractivity contribution in [3.8, 4) is 0 Å². The Kier molecular flexibility index (Phi) is 3.95. The van der Waals surface area contributed by atoms with E-state index in [-0.39, 0.29) is 18.1 Å². The normalized spacial score (nSPS) is 22.3. The zero-order chi connectivity index (χ0) is 14.0. The Morgan fingerprint density at radius 3 is 2.84 bits per heavy atom. The fourth-order valence-corrected chi connectivity index (χ4v) is 2.57. The molecule has 1 aromatic rings. The number of nitrogens with two attached hydrogens (primary N) is 1. The second-order valence-corrected chi connectivity index (χ2v) is 4.90. The highest BCUT2D eigenvalue weighted by molar-refractivity contribution is 6.00. The quantitative estimate of drug-likeness (QED) is 0.805. The van der Waals surface area contributed by atoms with Crippen molar-refractivity contribution in [2.45, 2.75) is 25.5 Å². The molecule has 1 aromatic carbocycles. The van der Waals surface area contributed by atoms with Gasteiger partial charge in [-0.25, -0.2) is 0 Å². The first-order chi connectivity index (χ1) is 9.04. The molecule has 1 heterocycles. The Hall–Kier alpha value is -1.75. The van der Waals surface area contributed by atoms with Crippen molar-refractivity contribution >= 4 is 17.3 Å². The lowest BCUT2D eigenvalue weighted by atomic mass is 10.1. The molecule has 1 saturated heterocycles. The fraction of sp³-hybridized carbons (Fsp3) is 0.500. The average molecular weight is 263 g/mol. The van der Waals surface area contributed by atoms with Gasteiger partial charge in [0, 0.05) is 26.4 Å². The number of nitrogen functional groups attached to an aromatic ring is 1. The van der Waals surface area contributed by atoms with Crippen LogP contribution in [0.5, 0.6) is 0 Å². The predicted molar refractivity (Wildman–Crippen MR) is 76.5 cm³/mol. The Balaban J connectivity index is 2.36. The molecule has 3 N–H and O–H groups in total. The van der Waals surface area contributed by atoms with Crippen molar-refractivity contribution in [1.82, 2.24) is 5.32 Å². The fourth-order valence-electron chi connectivity index (χ4n) is 2.57. The van der Waals surface area contributed by atoms with Crippen molar-refractivity contribution in [2.24, 2.45) is 0 Å². The predicted octanol–water partition coefficient (Wildman–Crippen LogP) is 1.24. The van der Waals surface area contributed by atoms with Crippen LogP contribution < -0.4 is 16.0 Å². The highest BCUT2D eigenvalue weighted by atomic mass is 16.5. The number of amides is 1. The molecule has 0 aromatic heterocycles. The van der Waals surface area contributed by atoms with Crippen LogP contribution in [-0.4, -0.2) is 38.8 Å². The van der Waals surface area contributed by atoms with Crippen molar-refractivity contribution < 1.29 is 9.53 Å². The Morgan fingerprint density at radius 1 is 1.53 bits per heavy atom. The third kappa shape index (κ3) is 2.66.